The Balaban J connectivity index is 1.76. The third-order valence-electron chi connectivity index (χ3n) is 5.82. The molecule has 0 saturated carbocycles. The van der Waals surface area contributed by atoms with Crippen LogP contribution in [0.25, 0.3) is 0 Å². The second kappa shape index (κ2) is 11.4. The smallest absolute Gasteiger partial charge is 0.317 e. The number of aryl methyl sites for hydroxylation is 1. The maximum atomic E-state index is 13.4. The van der Waals surface area contributed by atoms with Crippen LogP contribution in [0.2, 0.25) is 0 Å². The molecule has 3 rings (SSSR count). The molecule has 3 amide bonds. The van der Waals surface area contributed by atoms with Gasteiger partial charge in [-0.3, -0.25) is 4.79 Å². The average molecular weight is 458 g/mol. The average Bonchev–Trinajstić information content (AvgIpc) is 3.25. The third-order valence-corrected chi connectivity index (χ3v) is 6.82. The molecular weight excluding hydrogens is 422 g/mol. The van der Waals surface area contributed by atoms with E-state index in [4.69, 9.17) is 4.74 Å². The number of hydrogen-bond acceptors (Lipinski definition) is 4. The van der Waals surface area contributed by atoms with Crippen LogP contribution in [0.4, 0.5) is 4.79 Å². The van der Waals surface area contributed by atoms with Crippen molar-refractivity contribution < 1.29 is 14.3 Å². The Hall–Kier alpha value is -2.54. The summed E-state index contributed by atoms with van der Waals surface area (Å²) in [5.41, 5.74) is 2.23. The van der Waals surface area contributed by atoms with E-state index in [0.29, 0.717) is 32.2 Å². The van der Waals surface area contributed by atoms with Crippen molar-refractivity contribution in [1.29, 1.82) is 0 Å². The molecule has 1 aromatic heterocycles. The zero-order valence-corrected chi connectivity index (χ0v) is 20.4. The Morgan fingerprint density at radius 3 is 2.78 bits per heavy atom. The number of amides is 3. The first-order valence-electron chi connectivity index (χ1n) is 11.5. The van der Waals surface area contributed by atoms with Crippen molar-refractivity contribution in [2.75, 3.05) is 32.8 Å². The molecule has 0 bridgehead atoms. The topological polar surface area (TPSA) is 61.9 Å². The summed E-state index contributed by atoms with van der Waals surface area (Å²) < 4.78 is 6.17. The number of hydrogen-bond donors (Lipinski definition) is 1. The van der Waals surface area contributed by atoms with E-state index in [1.165, 1.54) is 4.88 Å². The molecule has 174 valence electrons. The molecule has 1 aliphatic heterocycles. The summed E-state index contributed by atoms with van der Waals surface area (Å²) in [5, 5.41) is 4.93. The van der Waals surface area contributed by atoms with E-state index in [9.17, 15) is 9.59 Å². The third kappa shape index (κ3) is 6.03. The van der Waals surface area contributed by atoms with Gasteiger partial charge in [-0.05, 0) is 61.2 Å². The zero-order valence-electron chi connectivity index (χ0n) is 19.6. The number of nitrogens with zero attached hydrogens (tertiary/aromatic N) is 2. The minimum absolute atomic E-state index is 0.0322. The van der Waals surface area contributed by atoms with E-state index in [-0.39, 0.29) is 24.5 Å². The largest absolute Gasteiger partial charge is 0.491 e. The van der Waals surface area contributed by atoms with Crippen LogP contribution in [-0.4, -0.2) is 54.5 Å². The Labute approximate surface area is 195 Å². The second-order valence-electron chi connectivity index (χ2n) is 8.67. The van der Waals surface area contributed by atoms with Crippen LogP contribution in [0.3, 0.4) is 0 Å². The van der Waals surface area contributed by atoms with Crippen LogP contribution in [0.15, 0.2) is 35.7 Å². The van der Waals surface area contributed by atoms with Crippen molar-refractivity contribution >= 4 is 23.3 Å². The molecule has 0 spiro atoms. The molecule has 0 aliphatic carbocycles. The maximum absolute atomic E-state index is 13.4. The summed E-state index contributed by atoms with van der Waals surface area (Å²) in [6, 6.07) is 9.70. The van der Waals surface area contributed by atoms with E-state index >= 15 is 0 Å². The number of fused-ring (bicyclic) bond motifs is 1. The van der Waals surface area contributed by atoms with Crippen molar-refractivity contribution in [2.24, 2.45) is 5.92 Å². The molecule has 2 aromatic rings. The molecule has 7 heteroatoms. The number of urea groups is 1. The van der Waals surface area contributed by atoms with E-state index in [1.807, 2.05) is 43.0 Å². The predicted octanol–water partition coefficient (Wildman–Crippen LogP) is 4.64. The lowest BCUT2D eigenvalue weighted by Gasteiger charge is -2.37. The molecule has 32 heavy (non-hydrogen) atoms. The lowest BCUT2D eigenvalue weighted by molar-refractivity contribution is -0.135. The van der Waals surface area contributed by atoms with Gasteiger partial charge in [0.2, 0.25) is 5.91 Å². The van der Waals surface area contributed by atoms with Gasteiger partial charge in [-0.15, -0.1) is 11.3 Å². The highest BCUT2D eigenvalue weighted by Gasteiger charge is 2.33. The SMILES string of the molecule is CCNC(=O)N(CCC(C)C)CC(=O)N1CCc2sccc2[C@@H]1COc1ccccc1C. The van der Waals surface area contributed by atoms with Crippen molar-refractivity contribution in [3.8, 4) is 5.75 Å². The Morgan fingerprint density at radius 1 is 1.28 bits per heavy atom. The molecule has 0 radical (unpaired) electrons. The summed E-state index contributed by atoms with van der Waals surface area (Å²) in [4.78, 5) is 30.9. The summed E-state index contributed by atoms with van der Waals surface area (Å²) >= 11 is 1.74. The zero-order chi connectivity index (χ0) is 23.1. The predicted molar refractivity (Wildman–Crippen MR) is 129 cm³/mol. The normalized spacial score (nSPS) is 15.4. The summed E-state index contributed by atoms with van der Waals surface area (Å²) in [7, 11) is 0. The first kappa shape index (κ1) is 24.1. The number of carbonyl (C=O) groups is 2. The van der Waals surface area contributed by atoms with Gasteiger partial charge >= 0.3 is 6.03 Å². The molecule has 0 fully saturated rings. The lowest BCUT2D eigenvalue weighted by Crippen LogP contribution is -2.50. The monoisotopic (exact) mass is 457 g/mol. The fourth-order valence-electron chi connectivity index (χ4n) is 3.95. The first-order valence-corrected chi connectivity index (χ1v) is 12.4. The van der Waals surface area contributed by atoms with Gasteiger partial charge in [-0.2, -0.15) is 0 Å². The Morgan fingerprint density at radius 2 is 2.06 bits per heavy atom. The summed E-state index contributed by atoms with van der Waals surface area (Å²) in [6.07, 6.45) is 1.70. The molecule has 1 N–H and O–H groups in total. The second-order valence-corrected chi connectivity index (χ2v) is 9.67. The van der Waals surface area contributed by atoms with Crippen LogP contribution in [0.1, 0.15) is 49.2 Å². The van der Waals surface area contributed by atoms with Gasteiger partial charge < -0.3 is 19.9 Å². The quantitative estimate of drug-likeness (QED) is 0.597. The first-order chi connectivity index (χ1) is 15.4. The van der Waals surface area contributed by atoms with Gasteiger partial charge in [0.15, 0.2) is 0 Å². The fraction of sp³-hybridized carbons (Fsp3) is 0.520. The molecule has 0 saturated heterocycles. The Kier molecular flexibility index (Phi) is 8.56. The van der Waals surface area contributed by atoms with Crippen molar-refractivity contribution in [3.05, 3.63) is 51.7 Å². The van der Waals surface area contributed by atoms with E-state index in [0.717, 1.165) is 29.7 Å². The molecule has 1 aromatic carbocycles. The van der Waals surface area contributed by atoms with E-state index in [2.05, 4.69) is 30.6 Å². The molecular formula is C25H35N3O3S. The lowest BCUT2D eigenvalue weighted by atomic mass is 10.00. The minimum atomic E-state index is -0.178. The minimum Gasteiger partial charge on any atom is -0.491 e. The van der Waals surface area contributed by atoms with Crippen molar-refractivity contribution in [3.63, 3.8) is 0 Å². The van der Waals surface area contributed by atoms with Crippen LogP contribution >= 0.6 is 11.3 Å². The molecule has 1 atom stereocenters. The number of ether oxygens (including phenoxy) is 1. The van der Waals surface area contributed by atoms with Crippen LogP contribution in [-0.2, 0) is 11.2 Å². The highest BCUT2D eigenvalue weighted by Crippen LogP contribution is 2.34. The number of carbonyl (C=O) groups excluding carboxylic acids is 2. The van der Waals surface area contributed by atoms with Gasteiger partial charge in [0.1, 0.15) is 18.9 Å². The fourth-order valence-corrected chi connectivity index (χ4v) is 4.87. The number of thiophene rings is 1. The van der Waals surface area contributed by atoms with Gasteiger partial charge in [0, 0.05) is 24.5 Å². The van der Waals surface area contributed by atoms with E-state index in [1.54, 1.807) is 16.2 Å². The molecule has 0 unspecified atom stereocenters. The highest BCUT2D eigenvalue weighted by atomic mass is 32.1. The van der Waals surface area contributed by atoms with Gasteiger partial charge in [-0.25, -0.2) is 4.79 Å². The number of benzene rings is 1. The Bertz CT molecular complexity index is 911. The number of para-hydroxylation sites is 1. The number of rotatable bonds is 9. The molecule has 2 heterocycles. The number of nitrogens with one attached hydrogen (secondary N) is 1. The van der Waals surface area contributed by atoms with Crippen LogP contribution < -0.4 is 10.1 Å². The van der Waals surface area contributed by atoms with Crippen LogP contribution in [0.5, 0.6) is 5.75 Å². The summed E-state index contributed by atoms with van der Waals surface area (Å²) in [5.74, 6) is 1.26. The molecule has 6 nitrogen and oxygen atoms in total. The van der Waals surface area contributed by atoms with Gasteiger partial charge in [0.25, 0.3) is 0 Å². The van der Waals surface area contributed by atoms with Crippen LogP contribution in [0, 0.1) is 12.8 Å². The van der Waals surface area contributed by atoms with Crippen molar-refractivity contribution in [1.82, 2.24) is 15.1 Å². The maximum Gasteiger partial charge on any atom is 0.317 e. The van der Waals surface area contributed by atoms with E-state index < -0.39 is 0 Å². The highest BCUT2D eigenvalue weighted by molar-refractivity contribution is 7.10. The van der Waals surface area contributed by atoms with Gasteiger partial charge in [-0.1, -0.05) is 32.0 Å². The summed E-state index contributed by atoms with van der Waals surface area (Å²) in [6.45, 7) is 10.4. The molecule has 1 aliphatic rings. The standard InChI is InChI=1S/C25H35N3O3S/c1-5-26-25(30)27(13-10-18(2)3)16-24(29)28-14-11-23-20(12-15-32-23)21(28)17-31-22-9-7-6-8-19(22)4/h6-9,12,15,18,21H,5,10-11,13-14,16-17H2,1-4H3,(H,26,30)/t21-/m0/s1. The van der Waals surface area contributed by atoms with Crippen molar-refractivity contribution in [2.45, 2.75) is 46.6 Å². The van der Waals surface area contributed by atoms with Gasteiger partial charge in [0.05, 0.1) is 6.04 Å².